The van der Waals surface area contributed by atoms with E-state index in [-0.39, 0.29) is 6.04 Å². The lowest BCUT2D eigenvalue weighted by Crippen LogP contribution is -2.27. The van der Waals surface area contributed by atoms with E-state index < -0.39 is 0 Å². The monoisotopic (exact) mass is 203 g/mol. The Morgan fingerprint density at radius 3 is 3.00 bits per heavy atom. The third-order valence-corrected chi connectivity index (χ3v) is 2.68. The van der Waals surface area contributed by atoms with E-state index in [9.17, 15) is 0 Å². The van der Waals surface area contributed by atoms with Gasteiger partial charge >= 0.3 is 0 Å². The Bertz CT molecular complexity index is 358. The van der Waals surface area contributed by atoms with Crippen molar-refractivity contribution in [2.45, 2.75) is 19.4 Å². The molecule has 1 aromatic rings. The molecule has 0 bridgehead atoms. The van der Waals surface area contributed by atoms with Crippen molar-refractivity contribution >= 4 is 5.82 Å². The van der Waals surface area contributed by atoms with Crippen LogP contribution in [0.4, 0.5) is 5.82 Å². The lowest BCUT2D eigenvalue weighted by Gasteiger charge is -2.25. The summed E-state index contributed by atoms with van der Waals surface area (Å²) in [7, 11) is 0. The molecule has 0 unspecified atom stereocenters. The van der Waals surface area contributed by atoms with Gasteiger partial charge in [0.2, 0.25) is 0 Å². The molecule has 1 aliphatic rings. The maximum absolute atomic E-state index is 5.85. The molecule has 2 heterocycles. The van der Waals surface area contributed by atoms with Crippen LogP contribution in [0.1, 0.15) is 24.9 Å². The molecule has 80 valence electrons. The van der Waals surface area contributed by atoms with Crippen LogP contribution in [-0.4, -0.2) is 18.1 Å². The Morgan fingerprint density at radius 1 is 1.47 bits per heavy atom. The van der Waals surface area contributed by atoms with Gasteiger partial charge in [-0.3, -0.25) is 0 Å². The van der Waals surface area contributed by atoms with Crippen molar-refractivity contribution in [2.24, 2.45) is 5.73 Å². The minimum atomic E-state index is 0.0760. The van der Waals surface area contributed by atoms with Crippen molar-refractivity contribution in [1.29, 1.82) is 0 Å². The number of rotatable bonds is 2. The fraction of sp³-hybridized carbons (Fsp3) is 0.417. The summed E-state index contributed by atoms with van der Waals surface area (Å²) in [4.78, 5) is 6.65. The predicted molar refractivity (Wildman–Crippen MR) is 62.8 cm³/mol. The van der Waals surface area contributed by atoms with Crippen LogP contribution in [0, 0.1) is 0 Å². The summed E-state index contributed by atoms with van der Waals surface area (Å²) < 4.78 is 0. The van der Waals surface area contributed by atoms with Gasteiger partial charge in [-0.05, 0) is 31.0 Å². The summed E-state index contributed by atoms with van der Waals surface area (Å²) >= 11 is 0. The fourth-order valence-electron chi connectivity index (χ4n) is 1.74. The van der Waals surface area contributed by atoms with Gasteiger partial charge in [-0.25, -0.2) is 4.98 Å². The molecule has 3 nitrogen and oxygen atoms in total. The van der Waals surface area contributed by atoms with E-state index in [1.165, 1.54) is 0 Å². The summed E-state index contributed by atoms with van der Waals surface area (Å²) in [6.45, 7) is 4.00. The van der Waals surface area contributed by atoms with Gasteiger partial charge < -0.3 is 10.6 Å². The molecule has 2 rings (SSSR count). The first-order chi connectivity index (χ1) is 7.27. The van der Waals surface area contributed by atoms with Crippen molar-refractivity contribution in [1.82, 2.24) is 4.98 Å². The largest absolute Gasteiger partial charge is 0.353 e. The molecule has 0 amide bonds. The lowest BCUT2D eigenvalue weighted by atomic mass is 10.1. The second-order valence-electron chi connectivity index (χ2n) is 3.94. The molecule has 0 aliphatic carbocycles. The number of anilines is 1. The Morgan fingerprint density at radius 2 is 2.33 bits per heavy atom. The number of nitrogens with zero attached hydrogens (tertiary/aromatic N) is 2. The number of pyridine rings is 1. The normalized spacial score (nSPS) is 17.9. The van der Waals surface area contributed by atoms with E-state index in [0.717, 1.165) is 30.9 Å². The van der Waals surface area contributed by atoms with Crippen LogP contribution in [-0.2, 0) is 0 Å². The van der Waals surface area contributed by atoms with Gasteiger partial charge in [0.1, 0.15) is 5.82 Å². The first-order valence-corrected chi connectivity index (χ1v) is 5.39. The number of hydrogen-bond acceptors (Lipinski definition) is 3. The van der Waals surface area contributed by atoms with E-state index in [0.29, 0.717) is 0 Å². The van der Waals surface area contributed by atoms with Crippen molar-refractivity contribution in [3.63, 3.8) is 0 Å². The maximum Gasteiger partial charge on any atom is 0.129 e. The average molecular weight is 203 g/mol. The molecule has 0 saturated carbocycles. The summed E-state index contributed by atoms with van der Waals surface area (Å²) in [6.07, 6.45) is 7.34. The van der Waals surface area contributed by atoms with Gasteiger partial charge in [-0.15, -0.1) is 0 Å². The summed E-state index contributed by atoms with van der Waals surface area (Å²) in [5.41, 5.74) is 7.00. The number of aromatic nitrogens is 1. The van der Waals surface area contributed by atoms with Crippen LogP contribution >= 0.6 is 0 Å². The molecule has 2 N–H and O–H groups in total. The Balaban J connectivity index is 2.20. The Hall–Kier alpha value is -1.35. The zero-order valence-corrected chi connectivity index (χ0v) is 9.06. The van der Waals surface area contributed by atoms with E-state index in [4.69, 9.17) is 5.73 Å². The second kappa shape index (κ2) is 4.45. The first kappa shape index (κ1) is 10.2. The number of nitrogens with two attached hydrogens (primary N) is 1. The van der Waals surface area contributed by atoms with Crippen molar-refractivity contribution in [3.8, 4) is 0 Å². The van der Waals surface area contributed by atoms with E-state index >= 15 is 0 Å². The summed E-state index contributed by atoms with van der Waals surface area (Å²) in [5, 5.41) is 0. The van der Waals surface area contributed by atoms with Crippen molar-refractivity contribution in [2.75, 3.05) is 18.0 Å². The van der Waals surface area contributed by atoms with E-state index in [1.807, 2.05) is 19.2 Å². The van der Waals surface area contributed by atoms with E-state index in [2.05, 4.69) is 28.1 Å². The van der Waals surface area contributed by atoms with Crippen LogP contribution in [0.5, 0.6) is 0 Å². The van der Waals surface area contributed by atoms with Crippen molar-refractivity contribution < 1.29 is 0 Å². The molecule has 0 aromatic carbocycles. The van der Waals surface area contributed by atoms with E-state index in [1.54, 1.807) is 0 Å². The summed E-state index contributed by atoms with van der Waals surface area (Å²) in [6, 6.07) is 4.14. The zero-order chi connectivity index (χ0) is 10.7. The van der Waals surface area contributed by atoms with Crippen LogP contribution in [0.2, 0.25) is 0 Å². The highest BCUT2D eigenvalue weighted by atomic mass is 15.2. The van der Waals surface area contributed by atoms with Gasteiger partial charge in [-0.2, -0.15) is 0 Å². The van der Waals surface area contributed by atoms with Crippen LogP contribution in [0.15, 0.2) is 30.5 Å². The minimum Gasteiger partial charge on any atom is -0.353 e. The van der Waals surface area contributed by atoms with Crippen LogP contribution < -0.4 is 10.6 Å². The standard InChI is InChI=1S/C12H17N3/c1-10(13)11-5-6-14-12(9-11)15-7-3-2-4-8-15/h2-3,5-6,9-10H,4,7-8,13H2,1H3/t10-/m0/s1. The molecule has 3 heteroatoms. The van der Waals surface area contributed by atoms with Crippen LogP contribution in [0.25, 0.3) is 0 Å². The highest BCUT2D eigenvalue weighted by Gasteiger charge is 2.09. The Kier molecular flexibility index (Phi) is 3.02. The predicted octanol–water partition coefficient (Wildman–Crippen LogP) is 1.87. The second-order valence-corrected chi connectivity index (χ2v) is 3.94. The molecule has 0 spiro atoms. The first-order valence-electron chi connectivity index (χ1n) is 5.39. The molecule has 0 fully saturated rings. The quantitative estimate of drug-likeness (QED) is 0.746. The molecule has 15 heavy (non-hydrogen) atoms. The van der Waals surface area contributed by atoms with Crippen molar-refractivity contribution in [3.05, 3.63) is 36.0 Å². The molecular formula is C12H17N3. The molecule has 1 aromatic heterocycles. The van der Waals surface area contributed by atoms with Crippen LogP contribution in [0.3, 0.4) is 0 Å². The molecule has 0 radical (unpaired) electrons. The SMILES string of the molecule is C[C@H](N)c1ccnc(N2CC=CCC2)c1. The average Bonchev–Trinajstić information content (AvgIpc) is 2.30. The topological polar surface area (TPSA) is 42.1 Å². The minimum absolute atomic E-state index is 0.0760. The summed E-state index contributed by atoms with van der Waals surface area (Å²) in [5.74, 6) is 1.04. The molecule has 1 atom stereocenters. The maximum atomic E-state index is 5.85. The lowest BCUT2D eigenvalue weighted by molar-refractivity contribution is 0.787. The van der Waals surface area contributed by atoms with Gasteiger partial charge in [0.15, 0.2) is 0 Å². The van der Waals surface area contributed by atoms with Gasteiger partial charge in [0, 0.05) is 25.3 Å². The third-order valence-electron chi connectivity index (χ3n) is 2.68. The van der Waals surface area contributed by atoms with Gasteiger partial charge in [-0.1, -0.05) is 12.2 Å². The number of hydrogen-bond donors (Lipinski definition) is 1. The Labute approximate surface area is 90.6 Å². The third kappa shape index (κ3) is 2.36. The smallest absolute Gasteiger partial charge is 0.129 e. The van der Waals surface area contributed by atoms with Gasteiger partial charge in [0.05, 0.1) is 0 Å². The molecule has 1 aliphatic heterocycles. The highest BCUT2D eigenvalue weighted by molar-refractivity contribution is 5.43. The fourth-order valence-corrected chi connectivity index (χ4v) is 1.74. The van der Waals surface area contributed by atoms with Gasteiger partial charge in [0.25, 0.3) is 0 Å². The highest BCUT2D eigenvalue weighted by Crippen LogP contribution is 2.18. The molecule has 0 saturated heterocycles. The molecular weight excluding hydrogens is 186 g/mol. The zero-order valence-electron chi connectivity index (χ0n) is 9.06.